The molecule has 0 aliphatic heterocycles. The van der Waals surface area contributed by atoms with Gasteiger partial charge in [0.1, 0.15) is 5.75 Å². The summed E-state index contributed by atoms with van der Waals surface area (Å²) in [7, 11) is 0. The maximum Gasteiger partial charge on any atom is 0.137 e. The number of aromatic nitrogens is 1. The maximum atomic E-state index is 11.5. The number of aliphatic hydroxyl groups is 1. The molecule has 4 aliphatic rings. The zero-order valence-corrected chi connectivity index (χ0v) is 12.1. The van der Waals surface area contributed by atoms with Crippen LogP contribution >= 0.6 is 0 Å². The van der Waals surface area contributed by atoms with Crippen LogP contribution in [0.25, 0.3) is 0 Å². The van der Waals surface area contributed by atoms with Gasteiger partial charge in [-0.15, -0.1) is 0 Å². The van der Waals surface area contributed by atoms with Crippen LogP contribution in [0.3, 0.4) is 0 Å². The lowest BCUT2D eigenvalue weighted by Gasteiger charge is -2.59. The van der Waals surface area contributed by atoms with Crippen LogP contribution in [0, 0.1) is 23.7 Å². The van der Waals surface area contributed by atoms with Crippen LogP contribution in [0.1, 0.15) is 44.6 Å². The Bertz CT molecular complexity index is 485. The van der Waals surface area contributed by atoms with Crippen LogP contribution in [-0.4, -0.2) is 16.7 Å². The zero-order valence-electron chi connectivity index (χ0n) is 12.1. The average molecular weight is 273 g/mol. The Balaban J connectivity index is 1.71. The van der Waals surface area contributed by atoms with E-state index in [1.807, 2.05) is 19.2 Å². The van der Waals surface area contributed by atoms with E-state index in [4.69, 9.17) is 4.74 Å². The van der Waals surface area contributed by atoms with E-state index in [1.165, 1.54) is 32.1 Å². The standard InChI is InChI=1S/C17H23NO2/c1-2-20-16-8-15(9-18-10-16)17(19)13-4-11-3-12(6-13)7-14(17)5-11/h8-14,19H,2-7H2,1H3. The highest BCUT2D eigenvalue weighted by Gasteiger charge is 2.57. The summed E-state index contributed by atoms with van der Waals surface area (Å²) in [5.74, 6) is 3.36. The molecule has 0 radical (unpaired) electrons. The smallest absolute Gasteiger partial charge is 0.137 e. The molecular weight excluding hydrogens is 250 g/mol. The minimum Gasteiger partial charge on any atom is -0.492 e. The summed E-state index contributed by atoms with van der Waals surface area (Å²) >= 11 is 0. The molecule has 0 atom stereocenters. The van der Waals surface area contributed by atoms with E-state index in [2.05, 4.69) is 4.98 Å². The Hall–Kier alpha value is -1.09. The SMILES string of the molecule is CCOc1cncc(C2(O)C3CC4CC(C3)CC2C4)c1. The van der Waals surface area contributed by atoms with Crippen molar-refractivity contribution in [2.75, 3.05) is 6.61 Å². The first-order valence-electron chi connectivity index (χ1n) is 8.00. The summed E-state index contributed by atoms with van der Waals surface area (Å²) in [4.78, 5) is 4.30. The van der Waals surface area contributed by atoms with Gasteiger partial charge in [0.2, 0.25) is 0 Å². The van der Waals surface area contributed by atoms with E-state index in [0.29, 0.717) is 18.4 Å². The van der Waals surface area contributed by atoms with E-state index < -0.39 is 5.60 Å². The number of hydrogen-bond acceptors (Lipinski definition) is 3. The van der Waals surface area contributed by atoms with Crippen LogP contribution in [0.5, 0.6) is 5.75 Å². The molecule has 0 saturated heterocycles. The van der Waals surface area contributed by atoms with Crippen LogP contribution in [0.15, 0.2) is 18.5 Å². The number of rotatable bonds is 3. The normalized spacial score (nSPS) is 41.9. The maximum absolute atomic E-state index is 11.5. The predicted octanol–water partition coefficient (Wildman–Crippen LogP) is 3.12. The van der Waals surface area contributed by atoms with Gasteiger partial charge in [0.25, 0.3) is 0 Å². The van der Waals surface area contributed by atoms with Gasteiger partial charge in [-0.05, 0) is 68.8 Å². The highest BCUT2D eigenvalue weighted by molar-refractivity contribution is 5.31. The molecule has 3 nitrogen and oxygen atoms in total. The van der Waals surface area contributed by atoms with Gasteiger partial charge in [0.15, 0.2) is 0 Å². The lowest BCUT2D eigenvalue weighted by Crippen LogP contribution is -2.55. The van der Waals surface area contributed by atoms with Gasteiger partial charge in [-0.3, -0.25) is 4.98 Å². The summed E-state index contributed by atoms with van der Waals surface area (Å²) in [6.07, 6.45) is 9.78. The molecule has 5 rings (SSSR count). The topological polar surface area (TPSA) is 42.4 Å². The molecule has 0 aromatic carbocycles. The second-order valence-corrected chi connectivity index (χ2v) is 6.97. The fraction of sp³-hybridized carbons (Fsp3) is 0.706. The van der Waals surface area contributed by atoms with Gasteiger partial charge in [-0.2, -0.15) is 0 Å². The molecule has 3 heteroatoms. The molecule has 1 heterocycles. The van der Waals surface area contributed by atoms with Crippen molar-refractivity contribution in [3.63, 3.8) is 0 Å². The van der Waals surface area contributed by atoms with Gasteiger partial charge < -0.3 is 9.84 Å². The molecule has 4 fully saturated rings. The van der Waals surface area contributed by atoms with Crippen LogP contribution in [0.4, 0.5) is 0 Å². The Kier molecular flexibility index (Phi) is 2.81. The van der Waals surface area contributed by atoms with Crippen molar-refractivity contribution < 1.29 is 9.84 Å². The molecule has 4 aliphatic carbocycles. The lowest BCUT2D eigenvalue weighted by atomic mass is 9.48. The summed E-state index contributed by atoms with van der Waals surface area (Å²) in [6, 6.07) is 2.01. The van der Waals surface area contributed by atoms with Crippen molar-refractivity contribution in [3.8, 4) is 5.75 Å². The molecule has 4 saturated carbocycles. The highest BCUT2D eigenvalue weighted by atomic mass is 16.5. The second kappa shape index (κ2) is 4.45. The van der Waals surface area contributed by atoms with E-state index in [-0.39, 0.29) is 0 Å². The number of nitrogens with zero attached hydrogens (tertiary/aromatic N) is 1. The minimum atomic E-state index is -0.659. The Morgan fingerprint density at radius 1 is 1.15 bits per heavy atom. The van der Waals surface area contributed by atoms with Crippen LogP contribution in [-0.2, 0) is 5.60 Å². The van der Waals surface area contributed by atoms with Gasteiger partial charge in [0.05, 0.1) is 18.4 Å². The van der Waals surface area contributed by atoms with Crippen molar-refractivity contribution in [1.29, 1.82) is 0 Å². The number of ether oxygens (including phenoxy) is 1. The van der Waals surface area contributed by atoms with Gasteiger partial charge in [-0.1, -0.05) is 0 Å². The summed E-state index contributed by atoms with van der Waals surface area (Å²) in [5, 5.41) is 11.5. The monoisotopic (exact) mass is 273 g/mol. The summed E-state index contributed by atoms with van der Waals surface area (Å²) in [6.45, 7) is 2.62. The molecule has 108 valence electrons. The minimum absolute atomic E-state index is 0.428. The van der Waals surface area contributed by atoms with E-state index in [9.17, 15) is 5.11 Å². The molecule has 0 amide bonds. The number of pyridine rings is 1. The molecule has 0 spiro atoms. The summed E-state index contributed by atoms with van der Waals surface area (Å²) < 4.78 is 5.56. The van der Waals surface area contributed by atoms with E-state index >= 15 is 0 Å². The largest absolute Gasteiger partial charge is 0.492 e. The second-order valence-electron chi connectivity index (χ2n) is 6.97. The fourth-order valence-electron chi connectivity index (χ4n) is 5.26. The van der Waals surface area contributed by atoms with Gasteiger partial charge >= 0.3 is 0 Å². The highest BCUT2D eigenvalue weighted by Crippen LogP contribution is 2.61. The van der Waals surface area contributed by atoms with E-state index in [0.717, 1.165) is 23.1 Å². The van der Waals surface area contributed by atoms with Crippen molar-refractivity contribution in [3.05, 3.63) is 24.0 Å². The summed E-state index contributed by atoms with van der Waals surface area (Å²) in [5.41, 5.74) is 0.324. The zero-order chi connectivity index (χ0) is 13.7. The molecule has 1 aromatic rings. The Morgan fingerprint density at radius 2 is 1.80 bits per heavy atom. The fourth-order valence-corrected chi connectivity index (χ4v) is 5.26. The average Bonchev–Trinajstić information content (AvgIpc) is 2.44. The molecule has 1 aromatic heterocycles. The first kappa shape index (κ1) is 12.6. The van der Waals surface area contributed by atoms with Crippen molar-refractivity contribution in [2.24, 2.45) is 23.7 Å². The predicted molar refractivity (Wildman–Crippen MR) is 76.3 cm³/mol. The van der Waals surface area contributed by atoms with Gasteiger partial charge in [-0.25, -0.2) is 0 Å². The lowest BCUT2D eigenvalue weighted by molar-refractivity contribution is -0.179. The third-order valence-corrected chi connectivity index (χ3v) is 5.87. The Morgan fingerprint density at radius 3 is 2.40 bits per heavy atom. The van der Waals surface area contributed by atoms with Gasteiger partial charge in [0, 0.05) is 11.8 Å². The first-order chi connectivity index (χ1) is 9.70. The Labute approximate surface area is 120 Å². The molecular formula is C17H23NO2. The molecule has 1 N–H and O–H groups in total. The molecule has 4 bridgehead atoms. The quantitative estimate of drug-likeness (QED) is 0.920. The molecule has 20 heavy (non-hydrogen) atoms. The van der Waals surface area contributed by atoms with Crippen molar-refractivity contribution in [2.45, 2.75) is 44.6 Å². The van der Waals surface area contributed by atoms with E-state index in [1.54, 1.807) is 6.20 Å². The van der Waals surface area contributed by atoms with Crippen molar-refractivity contribution in [1.82, 2.24) is 4.98 Å². The third kappa shape index (κ3) is 1.72. The van der Waals surface area contributed by atoms with Crippen LogP contribution in [0.2, 0.25) is 0 Å². The number of hydrogen-bond donors (Lipinski definition) is 1. The van der Waals surface area contributed by atoms with Crippen molar-refractivity contribution >= 4 is 0 Å². The first-order valence-corrected chi connectivity index (χ1v) is 8.00. The third-order valence-electron chi connectivity index (χ3n) is 5.87. The van der Waals surface area contributed by atoms with Crippen LogP contribution < -0.4 is 4.74 Å². The molecule has 0 unspecified atom stereocenters.